The first-order valence-corrected chi connectivity index (χ1v) is 4.58. The molecule has 0 aliphatic heterocycles. The molecule has 1 N–H and O–H groups in total. The highest BCUT2D eigenvalue weighted by Gasteiger charge is 2.05. The fourth-order valence-electron chi connectivity index (χ4n) is 0.907. The van der Waals surface area contributed by atoms with E-state index in [0.717, 1.165) is 0 Å². The van der Waals surface area contributed by atoms with Crippen molar-refractivity contribution in [3.05, 3.63) is 17.2 Å². The molecule has 1 amide bonds. The van der Waals surface area contributed by atoms with E-state index < -0.39 is 0 Å². The molecule has 0 spiro atoms. The van der Waals surface area contributed by atoms with Gasteiger partial charge in [-0.2, -0.15) is 4.98 Å². The molecule has 0 atom stereocenters. The maximum absolute atomic E-state index is 10.8. The first-order valence-electron chi connectivity index (χ1n) is 4.20. The van der Waals surface area contributed by atoms with Gasteiger partial charge in [0.15, 0.2) is 5.82 Å². The van der Waals surface area contributed by atoms with Crippen molar-refractivity contribution in [2.45, 2.75) is 13.8 Å². The summed E-state index contributed by atoms with van der Waals surface area (Å²) in [6.45, 7) is 3.77. The zero-order valence-electron chi connectivity index (χ0n) is 8.00. The minimum Gasteiger partial charge on any atom is -0.478 e. The summed E-state index contributed by atoms with van der Waals surface area (Å²) in [6, 6.07) is 3.28. The van der Waals surface area contributed by atoms with Crippen LogP contribution >= 0.6 is 11.6 Å². The Bertz CT molecular complexity index is 342. The Morgan fingerprint density at radius 2 is 2.36 bits per heavy atom. The van der Waals surface area contributed by atoms with Gasteiger partial charge in [0.2, 0.25) is 11.8 Å². The molecular formula is C9H11ClN2O2. The zero-order valence-corrected chi connectivity index (χ0v) is 8.76. The molecule has 1 rings (SSSR count). The SMILES string of the molecule is CCOc1ccc(Cl)c(NC(C)=O)n1. The van der Waals surface area contributed by atoms with Crippen LogP contribution in [0.2, 0.25) is 5.02 Å². The Morgan fingerprint density at radius 1 is 1.64 bits per heavy atom. The summed E-state index contributed by atoms with van der Waals surface area (Å²) in [7, 11) is 0. The molecule has 0 radical (unpaired) electrons. The number of pyridine rings is 1. The third-order valence-electron chi connectivity index (χ3n) is 1.41. The van der Waals surface area contributed by atoms with Crippen molar-refractivity contribution in [1.82, 2.24) is 4.98 Å². The van der Waals surface area contributed by atoms with E-state index in [-0.39, 0.29) is 5.91 Å². The molecule has 0 bridgehead atoms. The summed E-state index contributed by atoms with van der Waals surface area (Å²) in [5, 5.41) is 2.90. The molecule has 0 fully saturated rings. The summed E-state index contributed by atoms with van der Waals surface area (Å²) in [6.07, 6.45) is 0. The third kappa shape index (κ3) is 2.88. The highest BCUT2D eigenvalue weighted by molar-refractivity contribution is 6.33. The molecule has 0 saturated carbocycles. The summed E-state index contributed by atoms with van der Waals surface area (Å²) in [5.41, 5.74) is 0. The van der Waals surface area contributed by atoms with Crippen LogP contribution in [0.1, 0.15) is 13.8 Å². The number of ether oxygens (including phenoxy) is 1. The minimum atomic E-state index is -0.215. The van der Waals surface area contributed by atoms with Gasteiger partial charge in [-0.25, -0.2) is 0 Å². The van der Waals surface area contributed by atoms with E-state index in [1.807, 2.05) is 6.92 Å². The van der Waals surface area contributed by atoms with Crippen molar-refractivity contribution in [2.75, 3.05) is 11.9 Å². The summed E-state index contributed by atoms with van der Waals surface area (Å²) >= 11 is 5.81. The van der Waals surface area contributed by atoms with Crippen molar-refractivity contribution in [2.24, 2.45) is 0 Å². The number of anilines is 1. The second-order valence-corrected chi connectivity index (χ2v) is 3.00. The predicted octanol–water partition coefficient (Wildman–Crippen LogP) is 2.09. The van der Waals surface area contributed by atoms with Crippen LogP contribution in [-0.4, -0.2) is 17.5 Å². The number of amides is 1. The van der Waals surface area contributed by atoms with E-state index in [0.29, 0.717) is 23.3 Å². The van der Waals surface area contributed by atoms with E-state index in [2.05, 4.69) is 10.3 Å². The fraction of sp³-hybridized carbons (Fsp3) is 0.333. The van der Waals surface area contributed by atoms with Gasteiger partial charge in [-0.3, -0.25) is 4.79 Å². The molecule has 76 valence electrons. The van der Waals surface area contributed by atoms with Crippen molar-refractivity contribution < 1.29 is 9.53 Å². The first-order chi connectivity index (χ1) is 6.63. The number of nitrogens with one attached hydrogen (secondary N) is 1. The number of hydrogen-bond donors (Lipinski definition) is 1. The molecular weight excluding hydrogens is 204 g/mol. The smallest absolute Gasteiger partial charge is 0.222 e. The standard InChI is InChI=1S/C9H11ClN2O2/c1-3-14-8-5-4-7(10)9(12-8)11-6(2)13/h4-5H,3H2,1-2H3,(H,11,12,13). The van der Waals surface area contributed by atoms with Crippen LogP contribution in [0.5, 0.6) is 5.88 Å². The Kier molecular flexibility index (Phi) is 3.71. The van der Waals surface area contributed by atoms with Crippen molar-refractivity contribution in [3.8, 4) is 5.88 Å². The first kappa shape index (κ1) is 10.8. The molecule has 0 aliphatic rings. The average molecular weight is 215 g/mol. The van der Waals surface area contributed by atoms with Gasteiger partial charge >= 0.3 is 0 Å². The molecule has 0 aliphatic carbocycles. The Balaban J connectivity index is 2.90. The Hall–Kier alpha value is -1.29. The number of aromatic nitrogens is 1. The predicted molar refractivity (Wildman–Crippen MR) is 54.7 cm³/mol. The van der Waals surface area contributed by atoms with Gasteiger partial charge in [0.05, 0.1) is 11.6 Å². The lowest BCUT2D eigenvalue weighted by atomic mass is 10.4. The number of hydrogen-bond acceptors (Lipinski definition) is 3. The molecule has 1 aromatic rings. The quantitative estimate of drug-likeness (QED) is 0.838. The van der Waals surface area contributed by atoms with E-state index >= 15 is 0 Å². The lowest BCUT2D eigenvalue weighted by molar-refractivity contribution is -0.114. The second kappa shape index (κ2) is 4.81. The maximum Gasteiger partial charge on any atom is 0.222 e. The van der Waals surface area contributed by atoms with Crippen LogP contribution in [0.4, 0.5) is 5.82 Å². The summed E-state index contributed by atoms with van der Waals surface area (Å²) in [5.74, 6) is 0.554. The second-order valence-electron chi connectivity index (χ2n) is 2.59. The van der Waals surface area contributed by atoms with Gasteiger partial charge in [-0.15, -0.1) is 0 Å². The number of carbonyl (C=O) groups excluding carboxylic acids is 1. The third-order valence-corrected chi connectivity index (χ3v) is 1.71. The maximum atomic E-state index is 10.8. The number of rotatable bonds is 3. The van der Waals surface area contributed by atoms with Crippen LogP contribution in [0, 0.1) is 0 Å². The number of carbonyl (C=O) groups is 1. The molecule has 5 heteroatoms. The van der Waals surface area contributed by atoms with Gasteiger partial charge in [-0.05, 0) is 13.0 Å². The molecule has 0 aromatic carbocycles. The van der Waals surface area contributed by atoms with Gasteiger partial charge in [-0.1, -0.05) is 11.6 Å². The minimum absolute atomic E-state index is 0.215. The van der Waals surface area contributed by atoms with Crippen LogP contribution in [0.3, 0.4) is 0 Å². The Morgan fingerprint density at radius 3 is 2.93 bits per heavy atom. The van der Waals surface area contributed by atoms with Crippen molar-refractivity contribution in [3.63, 3.8) is 0 Å². The van der Waals surface area contributed by atoms with Crippen LogP contribution < -0.4 is 10.1 Å². The van der Waals surface area contributed by atoms with Crippen LogP contribution in [0.15, 0.2) is 12.1 Å². The van der Waals surface area contributed by atoms with Gasteiger partial charge < -0.3 is 10.1 Å². The topological polar surface area (TPSA) is 51.2 Å². The molecule has 0 unspecified atom stereocenters. The zero-order chi connectivity index (χ0) is 10.6. The molecule has 4 nitrogen and oxygen atoms in total. The number of nitrogens with zero attached hydrogens (tertiary/aromatic N) is 1. The molecule has 0 saturated heterocycles. The van der Waals surface area contributed by atoms with Crippen molar-refractivity contribution in [1.29, 1.82) is 0 Å². The normalized spacial score (nSPS) is 9.64. The lowest BCUT2D eigenvalue weighted by Gasteiger charge is -2.06. The summed E-state index contributed by atoms with van der Waals surface area (Å²) < 4.78 is 5.16. The van der Waals surface area contributed by atoms with Gasteiger partial charge in [0, 0.05) is 13.0 Å². The van der Waals surface area contributed by atoms with Gasteiger partial charge in [0.1, 0.15) is 0 Å². The van der Waals surface area contributed by atoms with E-state index in [1.54, 1.807) is 12.1 Å². The van der Waals surface area contributed by atoms with Crippen LogP contribution in [-0.2, 0) is 4.79 Å². The highest BCUT2D eigenvalue weighted by Crippen LogP contribution is 2.22. The Labute approximate surface area is 87.2 Å². The van der Waals surface area contributed by atoms with Crippen LogP contribution in [0.25, 0.3) is 0 Å². The van der Waals surface area contributed by atoms with Gasteiger partial charge in [0.25, 0.3) is 0 Å². The molecule has 1 heterocycles. The fourth-order valence-corrected chi connectivity index (χ4v) is 1.06. The summed E-state index contributed by atoms with van der Waals surface area (Å²) in [4.78, 5) is 14.8. The lowest BCUT2D eigenvalue weighted by Crippen LogP contribution is -2.08. The molecule has 14 heavy (non-hydrogen) atoms. The monoisotopic (exact) mass is 214 g/mol. The molecule has 1 aromatic heterocycles. The highest BCUT2D eigenvalue weighted by atomic mass is 35.5. The average Bonchev–Trinajstić information content (AvgIpc) is 2.10. The van der Waals surface area contributed by atoms with E-state index in [1.165, 1.54) is 6.92 Å². The number of halogens is 1. The van der Waals surface area contributed by atoms with E-state index in [4.69, 9.17) is 16.3 Å². The largest absolute Gasteiger partial charge is 0.478 e. The van der Waals surface area contributed by atoms with Crippen molar-refractivity contribution >= 4 is 23.3 Å². The van der Waals surface area contributed by atoms with E-state index in [9.17, 15) is 4.79 Å².